The van der Waals surface area contributed by atoms with Crippen LogP contribution in [0.1, 0.15) is 36.2 Å². The molecule has 3 atom stereocenters. The largest absolute Gasteiger partial charge is 0.350 e. The predicted molar refractivity (Wildman–Crippen MR) is 87.4 cm³/mol. The van der Waals surface area contributed by atoms with Crippen molar-refractivity contribution in [3.05, 3.63) is 41.1 Å². The zero-order chi connectivity index (χ0) is 15.8. The van der Waals surface area contributed by atoms with Gasteiger partial charge in [-0.15, -0.1) is 0 Å². The van der Waals surface area contributed by atoms with Crippen LogP contribution in [0.3, 0.4) is 0 Å². The minimum atomic E-state index is -0.206. The minimum Gasteiger partial charge on any atom is -0.350 e. The molecule has 0 radical (unpaired) electrons. The summed E-state index contributed by atoms with van der Waals surface area (Å²) in [5, 5.41) is 11.2. The zero-order valence-corrected chi connectivity index (χ0v) is 13.3. The maximum Gasteiger partial charge on any atom is 0.290 e. The van der Waals surface area contributed by atoms with Crippen molar-refractivity contribution in [3.8, 4) is 11.3 Å². The third-order valence-electron chi connectivity index (χ3n) is 4.69. The lowest BCUT2D eigenvalue weighted by Gasteiger charge is -2.29. The average Bonchev–Trinajstić information content (AvgIpc) is 3.15. The number of rotatable bonds is 3. The molecular formula is C17H18ClN3O2. The van der Waals surface area contributed by atoms with Crippen molar-refractivity contribution in [1.29, 1.82) is 0 Å². The highest BCUT2D eigenvalue weighted by atomic mass is 35.5. The summed E-state index contributed by atoms with van der Waals surface area (Å²) in [4.78, 5) is 12.4. The first-order valence-corrected chi connectivity index (χ1v) is 8.35. The van der Waals surface area contributed by atoms with Gasteiger partial charge < -0.3 is 15.2 Å². The van der Waals surface area contributed by atoms with E-state index < -0.39 is 0 Å². The Morgan fingerprint density at radius 1 is 1.26 bits per heavy atom. The van der Waals surface area contributed by atoms with Crippen LogP contribution in [0.25, 0.3) is 11.3 Å². The van der Waals surface area contributed by atoms with Gasteiger partial charge in [-0.25, -0.2) is 0 Å². The van der Waals surface area contributed by atoms with E-state index in [2.05, 4.69) is 15.8 Å². The SMILES string of the molecule is O=C(NC1C[C@H]2CC[C@@H](C1)N2)c1cc(-c2ccccc2Cl)no1. The van der Waals surface area contributed by atoms with Gasteiger partial charge in [0.2, 0.25) is 5.76 Å². The third-order valence-corrected chi connectivity index (χ3v) is 5.02. The van der Waals surface area contributed by atoms with Crippen LogP contribution < -0.4 is 10.6 Å². The number of nitrogens with zero attached hydrogens (tertiary/aromatic N) is 1. The molecule has 1 aromatic carbocycles. The van der Waals surface area contributed by atoms with E-state index in [-0.39, 0.29) is 17.7 Å². The van der Waals surface area contributed by atoms with Gasteiger partial charge in [0.05, 0.1) is 5.02 Å². The Bertz CT molecular complexity index is 718. The molecule has 2 aliphatic heterocycles. The third kappa shape index (κ3) is 2.99. The Balaban J connectivity index is 1.46. The standard InChI is InChI=1S/C17H18ClN3O2/c18-14-4-2-1-3-13(14)15-9-16(23-21-15)17(22)20-12-7-10-5-6-11(8-12)19-10/h1-4,9-12,19H,5-8H2,(H,20,22)/t10-,11+,12?. The Labute approximate surface area is 139 Å². The van der Waals surface area contributed by atoms with E-state index in [9.17, 15) is 4.79 Å². The maximum absolute atomic E-state index is 12.4. The van der Waals surface area contributed by atoms with E-state index in [1.807, 2.05) is 18.2 Å². The number of halogens is 1. The van der Waals surface area contributed by atoms with Gasteiger partial charge in [0.25, 0.3) is 5.91 Å². The number of fused-ring (bicyclic) bond motifs is 2. The van der Waals surface area contributed by atoms with Crippen LogP contribution in [-0.2, 0) is 0 Å². The fourth-order valence-corrected chi connectivity index (χ4v) is 3.84. The molecule has 2 fully saturated rings. The first-order chi connectivity index (χ1) is 11.2. The fraction of sp³-hybridized carbons (Fsp3) is 0.412. The Hall–Kier alpha value is -1.85. The number of nitrogens with one attached hydrogen (secondary N) is 2. The zero-order valence-electron chi connectivity index (χ0n) is 12.6. The highest BCUT2D eigenvalue weighted by molar-refractivity contribution is 6.33. The summed E-state index contributed by atoms with van der Waals surface area (Å²) in [7, 11) is 0. The summed E-state index contributed by atoms with van der Waals surface area (Å²) in [5.41, 5.74) is 1.34. The Kier molecular flexibility index (Phi) is 3.83. The lowest BCUT2D eigenvalue weighted by Crippen LogP contribution is -2.47. The molecule has 1 aromatic heterocycles. The minimum absolute atomic E-state index is 0.204. The van der Waals surface area contributed by atoms with E-state index in [4.69, 9.17) is 16.1 Å². The highest BCUT2D eigenvalue weighted by Crippen LogP contribution is 2.28. The van der Waals surface area contributed by atoms with E-state index >= 15 is 0 Å². The van der Waals surface area contributed by atoms with Crippen LogP contribution in [0.15, 0.2) is 34.9 Å². The molecule has 0 saturated carbocycles. The molecule has 2 bridgehead atoms. The summed E-state index contributed by atoms with van der Waals surface area (Å²) >= 11 is 6.15. The van der Waals surface area contributed by atoms with Crippen LogP contribution in [-0.4, -0.2) is 29.2 Å². The van der Waals surface area contributed by atoms with Crippen LogP contribution >= 0.6 is 11.6 Å². The van der Waals surface area contributed by atoms with Crippen LogP contribution in [0.2, 0.25) is 5.02 Å². The van der Waals surface area contributed by atoms with E-state index in [1.54, 1.807) is 12.1 Å². The number of amides is 1. The monoisotopic (exact) mass is 331 g/mol. The molecule has 2 aromatic rings. The summed E-state index contributed by atoms with van der Waals surface area (Å²) in [5.74, 6) is 0.0212. The number of hydrogen-bond acceptors (Lipinski definition) is 4. The second kappa shape index (κ2) is 5.98. The van der Waals surface area contributed by atoms with Crippen LogP contribution in [0.5, 0.6) is 0 Å². The summed E-state index contributed by atoms with van der Waals surface area (Å²) in [6.07, 6.45) is 4.37. The number of hydrogen-bond donors (Lipinski definition) is 2. The molecule has 2 aliphatic rings. The Morgan fingerprint density at radius 2 is 2.00 bits per heavy atom. The molecule has 3 heterocycles. The summed E-state index contributed by atoms with van der Waals surface area (Å²) in [6.45, 7) is 0. The number of carbonyl (C=O) groups excluding carboxylic acids is 1. The second-order valence-corrected chi connectivity index (χ2v) is 6.74. The molecule has 0 spiro atoms. The van der Waals surface area contributed by atoms with E-state index in [0.29, 0.717) is 22.8 Å². The van der Waals surface area contributed by atoms with Gasteiger partial charge >= 0.3 is 0 Å². The Morgan fingerprint density at radius 3 is 2.74 bits per heavy atom. The molecule has 1 amide bonds. The topological polar surface area (TPSA) is 67.2 Å². The van der Waals surface area contributed by atoms with Crippen molar-refractivity contribution in [2.45, 2.75) is 43.8 Å². The quantitative estimate of drug-likeness (QED) is 0.907. The van der Waals surface area contributed by atoms with Crippen molar-refractivity contribution in [2.24, 2.45) is 0 Å². The van der Waals surface area contributed by atoms with Crippen molar-refractivity contribution in [1.82, 2.24) is 15.8 Å². The van der Waals surface area contributed by atoms with Crippen molar-refractivity contribution >= 4 is 17.5 Å². The summed E-state index contributed by atoms with van der Waals surface area (Å²) in [6, 6.07) is 10.3. The molecule has 5 nitrogen and oxygen atoms in total. The highest BCUT2D eigenvalue weighted by Gasteiger charge is 2.34. The molecule has 0 aliphatic carbocycles. The van der Waals surface area contributed by atoms with Crippen molar-refractivity contribution in [3.63, 3.8) is 0 Å². The molecule has 4 rings (SSSR count). The van der Waals surface area contributed by atoms with E-state index in [1.165, 1.54) is 12.8 Å². The molecule has 1 unspecified atom stereocenters. The van der Waals surface area contributed by atoms with E-state index in [0.717, 1.165) is 18.4 Å². The number of benzene rings is 1. The fourth-order valence-electron chi connectivity index (χ4n) is 3.61. The van der Waals surface area contributed by atoms with Gasteiger partial charge in [0.15, 0.2) is 0 Å². The first kappa shape index (κ1) is 14.7. The van der Waals surface area contributed by atoms with Crippen LogP contribution in [0, 0.1) is 0 Å². The molecule has 2 N–H and O–H groups in total. The van der Waals surface area contributed by atoms with Crippen LogP contribution in [0.4, 0.5) is 0 Å². The number of piperidine rings is 1. The lowest BCUT2D eigenvalue weighted by atomic mass is 10.00. The summed E-state index contributed by atoms with van der Waals surface area (Å²) < 4.78 is 5.21. The molecule has 6 heteroatoms. The molecular weight excluding hydrogens is 314 g/mol. The average molecular weight is 332 g/mol. The second-order valence-electron chi connectivity index (χ2n) is 6.34. The van der Waals surface area contributed by atoms with Gasteiger partial charge in [-0.2, -0.15) is 0 Å². The smallest absolute Gasteiger partial charge is 0.290 e. The number of carbonyl (C=O) groups is 1. The number of aromatic nitrogens is 1. The maximum atomic E-state index is 12.4. The normalized spacial score (nSPS) is 26.2. The first-order valence-electron chi connectivity index (χ1n) is 7.97. The molecule has 23 heavy (non-hydrogen) atoms. The van der Waals surface area contributed by atoms with Crippen molar-refractivity contribution < 1.29 is 9.32 Å². The predicted octanol–water partition coefficient (Wildman–Crippen LogP) is 3.01. The van der Waals surface area contributed by atoms with Crippen molar-refractivity contribution in [2.75, 3.05) is 0 Å². The van der Waals surface area contributed by atoms with Gasteiger partial charge in [-0.1, -0.05) is 35.0 Å². The van der Waals surface area contributed by atoms with Gasteiger partial charge in [-0.05, 0) is 31.7 Å². The lowest BCUT2D eigenvalue weighted by molar-refractivity contribution is 0.0886. The molecule has 120 valence electrons. The molecule has 2 saturated heterocycles. The van der Waals surface area contributed by atoms with Gasteiger partial charge in [0, 0.05) is 29.8 Å². The van der Waals surface area contributed by atoms with Gasteiger partial charge in [-0.3, -0.25) is 4.79 Å². The van der Waals surface area contributed by atoms with Gasteiger partial charge in [0.1, 0.15) is 5.69 Å².